The van der Waals surface area contributed by atoms with E-state index >= 15 is 0 Å². The molecule has 1 aromatic heterocycles. The van der Waals surface area contributed by atoms with Crippen LogP contribution in [-0.2, 0) is 13.1 Å². The van der Waals surface area contributed by atoms with Crippen LogP contribution in [0.15, 0.2) is 51.7 Å². The summed E-state index contributed by atoms with van der Waals surface area (Å²) >= 11 is 3.49. The van der Waals surface area contributed by atoms with Gasteiger partial charge in [-0.3, -0.25) is 9.69 Å². The van der Waals surface area contributed by atoms with Crippen molar-refractivity contribution < 1.29 is 0 Å². The SMILES string of the molecule is O=c1cccc2n1C[C@@H]1C[C@@H]2CN(Cc2ccc(Br)cc2)C1. The minimum atomic E-state index is 0.161. The summed E-state index contributed by atoms with van der Waals surface area (Å²) < 4.78 is 3.12. The van der Waals surface area contributed by atoms with Crippen LogP contribution < -0.4 is 5.56 Å². The highest BCUT2D eigenvalue weighted by molar-refractivity contribution is 9.10. The molecule has 1 saturated heterocycles. The summed E-state index contributed by atoms with van der Waals surface area (Å²) in [6.45, 7) is 4.02. The first-order valence-electron chi connectivity index (χ1n) is 7.85. The Morgan fingerprint density at radius 2 is 1.86 bits per heavy atom. The molecule has 3 heterocycles. The lowest BCUT2D eigenvalue weighted by atomic mass is 9.83. The first-order chi connectivity index (χ1) is 10.7. The van der Waals surface area contributed by atoms with Gasteiger partial charge < -0.3 is 4.57 Å². The van der Waals surface area contributed by atoms with Gasteiger partial charge in [0.2, 0.25) is 0 Å². The topological polar surface area (TPSA) is 25.2 Å². The fourth-order valence-corrected chi connectivity index (χ4v) is 4.24. The van der Waals surface area contributed by atoms with Crippen molar-refractivity contribution in [1.29, 1.82) is 0 Å². The van der Waals surface area contributed by atoms with E-state index in [0.29, 0.717) is 11.8 Å². The van der Waals surface area contributed by atoms with Crippen molar-refractivity contribution in [3.8, 4) is 0 Å². The number of benzene rings is 1. The molecule has 4 heteroatoms. The van der Waals surface area contributed by atoms with Crippen molar-refractivity contribution in [3.63, 3.8) is 0 Å². The largest absolute Gasteiger partial charge is 0.312 e. The van der Waals surface area contributed by atoms with Gasteiger partial charge in [-0.25, -0.2) is 0 Å². The summed E-state index contributed by atoms with van der Waals surface area (Å²) in [5, 5.41) is 0. The quantitative estimate of drug-likeness (QED) is 0.823. The molecule has 0 spiro atoms. The Hall–Kier alpha value is -1.39. The molecule has 2 atom stereocenters. The molecule has 0 aliphatic carbocycles. The van der Waals surface area contributed by atoms with Crippen LogP contribution in [0.5, 0.6) is 0 Å². The minimum absolute atomic E-state index is 0.161. The Morgan fingerprint density at radius 3 is 2.68 bits per heavy atom. The van der Waals surface area contributed by atoms with Crippen LogP contribution >= 0.6 is 15.9 Å². The van der Waals surface area contributed by atoms with Crippen LogP contribution in [0.25, 0.3) is 0 Å². The fourth-order valence-electron chi connectivity index (χ4n) is 3.97. The highest BCUT2D eigenvalue weighted by Crippen LogP contribution is 2.35. The van der Waals surface area contributed by atoms with Crippen molar-refractivity contribution in [2.75, 3.05) is 13.1 Å². The molecule has 1 fully saturated rings. The molecule has 3 nitrogen and oxygen atoms in total. The molecule has 1 aromatic carbocycles. The lowest BCUT2D eigenvalue weighted by Gasteiger charge is -2.42. The van der Waals surface area contributed by atoms with Crippen LogP contribution in [0, 0.1) is 5.92 Å². The first kappa shape index (κ1) is 14.2. The third kappa shape index (κ3) is 2.66. The van der Waals surface area contributed by atoms with E-state index in [4.69, 9.17) is 0 Å². The average molecular weight is 359 g/mol. The number of halogens is 1. The molecule has 114 valence electrons. The van der Waals surface area contributed by atoms with Gasteiger partial charge in [0.1, 0.15) is 0 Å². The monoisotopic (exact) mass is 358 g/mol. The van der Waals surface area contributed by atoms with Gasteiger partial charge in [-0.05, 0) is 36.1 Å². The summed E-state index contributed by atoms with van der Waals surface area (Å²) in [7, 11) is 0. The standard InChI is InChI=1S/C18H19BrN2O/c19-16-6-4-13(5-7-16)9-20-10-14-8-15(12-20)17-2-1-3-18(22)21(17)11-14/h1-7,14-15H,8-12H2/t14-,15-/m1/s1. The second-order valence-electron chi connectivity index (χ2n) is 6.52. The number of pyridine rings is 1. The van der Waals surface area contributed by atoms with Gasteiger partial charge in [-0.2, -0.15) is 0 Å². The van der Waals surface area contributed by atoms with Gasteiger partial charge in [0.15, 0.2) is 0 Å². The van der Waals surface area contributed by atoms with Gasteiger partial charge in [-0.1, -0.05) is 34.1 Å². The van der Waals surface area contributed by atoms with E-state index in [2.05, 4.69) is 51.2 Å². The molecule has 2 aromatic rings. The molecule has 2 aliphatic heterocycles. The summed E-state index contributed by atoms with van der Waals surface area (Å²) in [6, 6.07) is 14.3. The number of likely N-dealkylation sites (tertiary alicyclic amines) is 1. The van der Waals surface area contributed by atoms with Gasteiger partial charge >= 0.3 is 0 Å². The predicted octanol–water partition coefficient (Wildman–Crippen LogP) is 3.23. The van der Waals surface area contributed by atoms with Crippen LogP contribution in [-0.4, -0.2) is 22.6 Å². The third-order valence-corrected chi connectivity index (χ3v) is 5.40. The third-order valence-electron chi connectivity index (χ3n) is 4.87. The number of fused-ring (bicyclic) bond motifs is 4. The molecule has 2 bridgehead atoms. The maximum absolute atomic E-state index is 12.0. The Kier molecular flexibility index (Phi) is 3.66. The Morgan fingerprint density at radius 1 is 1.05 bits per heavy atom. The van der Waals surface area contributed by atoms with Crippen LogP contribution in [0.4, 0.5) is 0 Å². The van der Waals surface area contributed by atoms with E-state index in [1.54, 1.807) is 6.07 Å². The molecule has 0 N–H and O–H groups in total. The number of nitrogens with zero attached hydrogens (tertiary/aromatic N) is 2. The molecule has 0 unspecified atom stereocenters. The molecule has 22 heavy (non-hydrogen) atoms. The highest BCUT2D eigenvalue weighted by atomic mass is 79.9. The number of rotatable bonds is 2. The number of hydrogen-bond acceptors (Lipinski definition) is 2. The van der Waals surface area contributed by atoms with E-state index in [0.717, 1.165) is 30.7 Å². The van der Waals surface area contributed by atoms with E-state index in [-0.39, 0.29) is 5.56 Å². The van der Waals surface area contributed by atoms with Gasteiger partial charge in [0.25, 0.3) is 5.56 Å². The lowest BCUT2D eigenvalue weighted by molar-refractivity contribution is 0.114. The highest BCUT2D eigenvalue weighted by Gasteiger charge is 2.34. The second-order valence-corrected chi connectivity index (χ2v) is 7.43. The zero-order valence-electron chi connectivity index (χ0n) is 12.4. The Balaban J connectivity index is 1.56. The molecular weight excluding hydrogens is 340 g/mol. The van der Waals surface area contributed by atoms with Gasteiger partial charge in [-0.15, -0.1) is 0 Å². The summed E-state index contributed by atoms with van der Waals surface area (Å²) in [5.74, 6) is 1.10. The molecule has 0 amide bonds. The van der Waals surface area contributed by atoms with E-state index in [1.165, 1.54) is 17.7 Å². The number of piperidine rings is 1. The molecule has 0 radical (unpaired) electrons. The van der Waals surface area contributed by atoms with Gasteiger partial charge in [0.05, 0.1) is 0 Å². The second kappa shape index (κ2) is 5.67. The van der Waals surface area contributed by atoms with Crippen LogP contribution in [0.3, 0.4) is 0 Å². The van der Waals surface area contributed by atoms with Crippen molar-refractivity contribution in [3.05, 3.63) is 68.5 Å². The van der Waals surface area contributed by atoms with Crippen LogP contribution in [0.2, 0.25) is 0 Å². The summed E-state index contributed by atoms with van der Waals surface area (Å²) in [4.78, 5) is 14.6. The average Bonchev–Trinajstić information content (AvgIpc) is 2.51. The molecule has 2 aliphatic rings. The molecular formula is C18H19BrN2O. The van der Waals surface area contributed by atoms with E-state index < -0.39 is 0 Å². The number of aromatic nitrogens is 1. The summed E-state index contributed by atoms with van der Waals surface area (Å²) in [5.41, 5.74) is 2.74. The zero-order chi connectivity index (χ0) is 15.1. The minimum Gasteiger partial charge on any atom is -0.312 e. The normalized spacial score (nSPS) is 24.0. The maximum atomic E-state index is 12.0. The molecule has 0 saturated carbocycles. The van der Waals surface area contributed by atoms with Crippen molar-refractivity contribution in [2.24, 2.45) is 5.92 Å². The number of hydrogen-bond donors (Lipinski definition) is 0. The van der Waals surface area contributed by atoms with E-state index in [1.807, 2.05) is 10.6 Å². The summed E-state index contributed by atoms with van der Waals surface area (Å²) in [6.07, 6.45) is 1.22. The van der Waals surface area contributed by atoms with Crippen molar-refractivity contribution >= 4 is 15.9 Å². The zero-order valence-corrected chi connectivity index (χ0v) is 14.0. The van der Waals surface area contributed by atoms with Crippen LogP contribution in [0.1, 0.15) is 23.6 Å². The van der Waals surface area contributed by atoms with Crippen molar-refractivity contribution in [1.82, 2.24) is 9.47 Å². The predicted molar refractivity (Wildman–Crippen MR) is 91.0 cm³/mol. The molecule has 4 rings (SSSR count). The van der Waals surface area contributed by atoms with Gasteiger partial charge in [0, 0.05) is 48.3 Å². The lowest BCUT2D eigenvalue weighted by Crippen LogP contribution is -2.46. The Labute approximate surface area is 138 Å². The fraction of sp³-hybridized carbons (Fsp3) is 0.389. The first-order valence-corrected chi connectivity index (χ1v) is 8.65. The maximum Gasteiger partial charge on any atom is 0.250 e. The smallest absolute Gasteiger partial charge is 0.250 e. The van der Waals surface area contributed by atoms with E-state index in [9.17, 15) is 4.79 Å². The van der Waals surface area contributed by atoms with Crippen molar-refractivity contribution in [2.45, 2.75) is 25.4 Å². The Bertz CT molecular complexity index is 737.